The third kappa shape index (κ3) is 3.35. The third-order valence-corrected chi connectivity index (χ3v) is 3.94. The Hall–Kier alpha value is -0.910. The minimum Gasteiger partial charge on any atom is -0.377 e. The van der Waals surface area contributed by atoms with Gasteiger partial charge in [-0.25, -0.2) is 0 Å². The minimum atomic E-state index is 0.239. The molecule has 0 aliphatic carbocycles. The van der Waals surface area contributed by atoms with Crippen molar-refractivity contribution in [2.75, 3.05) is 26.2 Å². The van der Waals surface area contributed by atoms with E-state index >= 15 is 0 Å². The second-order valence-electron chi connectivity index (χ2n) is 5.32. The zero-order valence-electron chi connectivity index (χ0n) is 12.3. The summed E-state index contributed by atoms with van der Waals surface area (Å²) in [4.78, 5) is 2.42. The highest BCUT2D eigenvalue weighted by atomic mass is 16.5. The van der Waals surface area contributed by atoms with Crippen LogP contribution in [0.15, 0.2) is 6.20 Å². The van der Waals surface area contributed by atoms with Gasteiger partial charge in [-0.1, -0.05) is 6.92 Å². The molecule has 1 fully saturated rings. The number of hydrogen-bond acceptors (Lipinski definition) is 4. The number of nitrogens with two attached hydrogens (primary N) is 1. The van der Waals surface area contributed by atoms with E-state index in [9.17, 15) is 0 Å². The van der Waals surface area contributed by atoms with Gasteiger partial charge >= 0.3 is 0 Å². The van der Waals surface area contributed by atoms with E-state index in [4.69, 9.17) is 10.5 Å². The maximum Gasteiger partial charge on any atom is 0.0703 e. The standard InChI is InChI=1S/C14H26N4O/c1-4-18(9-12-6-5-7-19-12)14(8-15)13-10-17(3)16-11(13)2/h10,12,14H,4-9,15H2,1-3H3. The third-order valence-electron chi connectivity index (χ3n) is 3.94. The van der Waals surface area contributed by atoms with Crippen LogP contribution >= 0.6 is 0 Å². The molecule has 2 unspecified atom stereocenters. The van der Waals surface area contributed by atoms with Crippen molar-refractivity contribution in [2.45, 2.75) is 38.8 Å². The Labute approximate surface area is 115 Å². The van der Waals surface area contributed by atoms with E-state index in [1.807, 2.05) is 11.7 Å². The Morgan fingerprint density at radius 3 is 2.89 bits per heavy atom. The topological polar surface area (TPSA) is 56.3 Å². The summed E-state index contributed by atoms with van der Waals surface area (Å²) in [6.07, 6.45) is 4.80. The van der Waals surface area contributed by atoms with E-state index in [-0.39, 0.29) is 6.04 Å². The van der Waals surface area contributed by atoms with Crippen molar-refractivity contribution in [3.63, 3.8) is 0 Å². The fourth-order valence-electron chi connectivity index (χ4n) is 2.94. The Kier molecular flexibility index (Phi) is 4.96. The van der Waals surface area contributed by atoms with Gasteiger partial charge in [-0.2, -0.15) is 5.10 Å². The molecule has 108 valence electrons. The van der Waals surface area contributed by atoms with Crippen LogP contribution in [0.3, 0.4) is 0 Å². The van der Waals surface area contributed by atoms with Crippen LogP contribution in [0.5, 0.6) is 0 Å². The van der Waals surface area contributed by atoms with Crippen molar-refractivity contribution < 1.29 is 4.74 Å². The van der Waals surface area contributed by atoms with Crippen molar-refractivity contribution in [1.82, 2.24) is 14.7 Å². The van der Waals surface area contributed by atoms with Crippen molar-refractivity contribution in [3.05, 3.63) is 17.5 Å². The molecular formula is C14H26N4O. The van der Waals surface area contributed by atoms with Crippen molar-refractivity contribution in [3.8, 4) is 0 Å². The Balaban J connectivity index is 2.11. The van der Waals surface area contributed by atoms with Crippen LogP contribution in [0.2, 0.25) is 0 Å². The summed E-state index contributed by atoms with van der Waals surface area (Å²) in [5.41, 5.74) is 8.33. The fraction of sp³-hybridized carbons (Fsp3) is 0.786. The van der Waals surface area contributed by atoms with Crippen LogP contribution in [0.1, 0.15) is 37.1 Å². The first-order valence-electron chi connectivity index (χ1n) is 7.21. The number of likely N-dealkylation sites (N-methyl/N-ethyl adjacent to an activating group) is 1. The summed E-state index contributed by atoms with van der Waals surface area (Å²) in [5, 5.41) is 4.43. The quantitative estimate of drug-likeness (QED) is 0.841. The summed E-state index contributed by atoms with van der Waals surface area (Å²) < 4.78 is 7.62. The van der Waals surface area contributed by atoms with Gasteiger partial charge in [0.15, 0.2) is 0 Å². The predicted molar refractivity (Wildman–Crippen MR) is 76.0 cm³/mol. The van der Waals surface area contributed by atoms with Crippen LogP contribution in [0, 0.1) is 6.92 Å². The summed E-state index contributed by atoms with van der Waals surface area (Å²) in [5.74, 6) is 0. The van der Waals surface area contributed by atoms with Gasteiger partial charge in [0.1, 0.15) is 0 Å². The summed E-state index contributed by atoms with van der Waals surface area (Å²) in [6.45, 7) is 7.71. The molecule has 1 saturated heterocycles. The number of aromatic nitrogens is 2. The van der Waals surface area contributed by atoms with Gasteiger partial charge in [-0.15, -0.1) is 0 Å². The zero-order chi connectivity index (χ0) is 13.8. The molecule has 2 atom stereocenters. The zero-order valence-corrected chi connectivity index (χ0v) is 12.3. The largest absolute Gasteiger partial charge is 0.377 e. The summed E-state index contributed by atoms with van der Waals surface area (Å²) in [7, 11) is 1.96. The van der Waals surface area contributed by atoms with E-state index in [2.05, 4.69) is 30.0 Å². The Morgan fingerprint density at radius 1 is 1.63 bits per heavy atom. The lowest BCUT2D eigenvalue weighted by atomic mass is 10.1. The summed E-state index contributed by atoms with van der Waals surface area (Å²) >= 11 is 0. The first-order valence-corrected chi connectivity index (χ1v) is 7.21. The molecule has 1 aliphatic rings. The monoisotopic (exact) mass is 266 g/mol. The number of nitrogens with zero attached hydrogens (tertiary/aromatic N) is 3. The summed E-state index contributed by atoms with van der Waals surface area (Å²) in [6, 6.07) is 0.239. The molecule has 0 radical (unpaired) electrons. The first kappa shape index (κ1) is 14.5. The number of aryl methyl sites for hydroxylation is 2. The van der Waals surface area contributed by atoms with Gasteiger partial charge in [-0.3, -0.25) is 9.58 Å². The number of rotatable bonds is 6. The van der Waals surface area contributed by atoms with Crippen LogP contribution in [0.4, 0.5) is 0 Å². The van der Waals surface area contributed by atoms with Crippen molar-refractivity contribution in [2.24, 2.45) is 12.8 Å². The number of ether oxygens (including phenoxy) is 1. The normalized spacial score (nSPS) is 21.2. The second-order valence-corrected chi connectivity index (χ2v) is 5.32. The Bertz CT molecular complexity index is 398. The van der Waals surface area contributed by atoms with Crippen LogP contribution in [0.25, 0.3) is 0 Å². The van der Waals surface area contributed by atoms with Gasteiger partial charge in [0.2, 0.25) is 0 Å². The second kappa shape index (κ2) is 6.50. The molecule has 2 heterocycles. The lowest BCUT2D eigenvalue weighted by molar-refractivity contribution is 0.0600. The van der Waals surface area contributed by atoms with E-state index in [0.29, 0.717) is 12.6 Å². The molecule has 1 aromatic rings. The molecule has 5 heteroatoms. The SMILES string of the molecule is CCN(CC1CCCO1)C(CN)c1cn(C)nc1C. The maximum absolute atomic E-state index is 6.01. The van der Waals surface area contributed by atoms with Crippen LogP contribution < -0.4 is 5.73 Å². The molecular weight excluding hydrogens is 240 g/mol. The highest BCUT2D eigenvalue weighted by Gasteiger charge is 2.25. The molecule has 1 aliphatic heterocycles. The van der Waals surface area contributed by atoms with Crippen molar-refractivity contribution >= 4 is 0 Å². The Morgan fingerprint density at radius 2 is 2.42 bits per heavy atom. The fourth-order valence-corrected chi connectivity index (χ4v) is 2.94. The molecule has 0 spiro atoms. The van der Waals surface area contributed by atoms with Gasteiger partial charge in [0.05, 0.1) is 17.8 Å². The molecule has 19 heavy (non-hydrogen) atoms. The smallest absolute Gasteiger partial charge is 0.0703 e. The van der Waals surface area contributed by atoms with E-state index in [0.717, 1.165) is 25.4 Å². The average molecular weight is 266 g/mol. The van der Waals surface area contributed by atoms with E-state index in [1.54, 1.807) is 0 Å². The van der Waals surface area contributed by atoms with E-state index in [1.165, 1.54) is 18.4 Å². The van der Waals surface area contributed by atoms with Crippen LogP contribution in [-0.2, 0) is 11.8 Å². The van der Waals surface area contributed by atoms with Gasteiger partial charge < -0.3 is 10.5 Å². The highest BCUT2D eigenvalue weighted by Crippen LogP contribution is 2.24. The predicted octanol–water partition coefficient (Wildman–Crippen LogP) is 1.23. The molecule has 1 aromatic heterocycles. The van der Waals surface area contributed by atoms with Crippen molar-refractivity contribution in [1.29, 1.82) is 0 Å². The number of hydrogen-bond donors (Lipinski definition) is 1. The molecule has 5 nitrogen and oxygen atoms in total. The molecule has 0 amide bonds. The average Bonchev–Trinajstić information content (AvgIpc) is 2.99. The van der Waals surface area contributed by atoms with Gasteiger partial charge in [0, 0.05) is 38.5 Å². The molecule has 0 bridgehead atoms. The highest BCUT2D eigenvalue weighted by molar-refractivity contribution is 5.20. The van der Waals surface area contributed by atoms with Gasteiger partial charge in [-0.05, 0) is 26.3 Å². The van der Waals surface area contributed by atoms with Gasteiger partial charge in [0.25, 0.3) is 0 Å². The lowest BCUT2D eigenvalue weighted by Crippen LogP contribution is -2.38. The lowest BCUT2D eigenvalue weighted by Gasteiger charge is -2.31. The maximum atomic E-state index is 6.01. The van der Waals surface area contributed by atoms with Crippen LogP contribution in [-0.4, -0.2) is 47.0 Å². The molecule has 0 aromatic carbocycles. The molecule has 2 N–H and O–H groups in total. The molecule has 2 rings (SSSR count). The minimum absolute atomic E-state index is 0.239. The first-order chi connectivity index (χ1) is 9.15. The molecule has 0 saturated carbocycles. The van der Waals surface area contributed by atoms with E-state index < -0.39 is 0 Å².